The Morgan fingerprint density at radius 2 is 1.88 bits per heavy atom. The van der Waals surface area contributed by atoms with E-state index in [0.29, 0.717) is 6.42 Å². The van der Waals surface area contributed by atoms with Gasteiger partial charge in [0.25, 0.3) is 0 Å². The molecule has 0 spiro atoms. The largest absolute Gasteiger partial charge is 0.481 e. The summed E-state index contributed by atoms with van der Waals surface area (Å²) in [6, 6.07) is 0. The predicted octanol–water partition coefficient (Wildman–Crippen LogP) is 0.178. The zero-order valence-electron chi connectivity index (χ0n) is 10.4. The fraction of sp³-hybridized carbons (Fsp3) is 0.900. The monoisotopic (exact) mass is 267 g/mol. The van der Waals surface area contributed by atoms with Gasteiger partial charge in [0.1, 0.15) is 0 Å². The summed E-state index contributed by atoms with van der Waals surface area (Å²) < 4.78 is 24.8. The number of aliphatic carboxylic acids is 1. The number of carboxylic acids is 1. The van der Waals surface area contributed by atoms with Crippen molar-refractivity contribution in [3.63, 3.8) is 0 Å². The Bertz CT molecular complexity index is 344. The maximum Gasteiger partial charge on any atom is 0.304 e. The van der Waals surface area contributed by atoms with Crippen molar-refractivity contribution in [2.24, 2.45) is 5.41 Å². The van der Waals surface area contributed by atoms with Gasteiger partial charge in [-0.15, -0.1) is 0 Å². The number of carboxylic acid groups (broad SMARTS) is 1. The van der Waals surface area contributed by atoms with Gasteiger partial charge >= 0.3 is 5.97 Å². The van der Waals surface area contributed by atoms with E-state index >= 15 is 0 Å². The normalized spacial score (nSPS) is 14.6. The highest BCUT2D eigenvalue weighted by Crippen LogP contribution is 2.20. The van der Waals surface area contributed by atoms with E-state index in [1.54, 1.807) is 0 Å². The van der Waals surface area contributed by atoms with Crippen LogP contribution in [0.15, 0.2) is 0 Å². The van der Waals surface area contributed by atoms with Gasteiger partial charge in [0.15, 0.2) is 0 Å². The molecule has 17 heavy (non-hydrogen) atoms. The molecule has 0 bridgehead atoms. The Morgan fingerprint density at radius 3 is 2.29 bits per heavy atom. The second-order valence-corrected chi connectivity index (χ2v) is 7.16. The molecule has 0 aromatic carbocycles. The molecule has 0 aliphatic rings. The topological polar surface area (TPSA) is 104 Å². The summed E-state index contributed by atoms with van der Waals surface area (Å²) in [6.07, 6.45) is -0.742. The minimum absolute atomic E-state index is 0.0841. The molecule has 0 aromatic rings. The quantitative estimate of drug-likeness (QED) is 0.610. The van der Waals surface area contributed by atoms with Crippen LogP contribution in [0.1, 0.15) is 33.6 Å². The summed E-state index contributed by atoms with van der Waals surface area (Å²) in [7, 11) is -3.62. The smallest absolute Gasteiger partial charge is 0.304 e. The summed E-state index contributed by atoms with van der Waals surface area (Å²) in [5.41, 5.74) is -0.0913. The molecule has 0 amide bonds. The van der Waals surface area contributed by atoms with Crippen LogP contribution in [0.4, 0.5) is 0 Å². The number of carbonyl (C=O) groups is 1. The van der Waals surface area contributed by atoms with Crippen LogP contribution in [-0.2, 0) is 14.8 Å². The third kappa shape index (κ3) is 10.2. The number of nitrogens with one attached hydrogen (secondary N) is 1. The van der Waals surface area contributed by atoms with E-state index in [2.05, 4.69) is 4.72 Å². The Labute approximate surface area is 102 Å². The minimum Gasteiger partial charge on any atom is -0.481 e. The fourth-order valence-corrected chi connectivity index (χ4v) is 2.33. The molecule has 0 saturated heterocycles. The van der Waals surface area contributed by atoms with Crippen LogP contribution >= 0.6 is 0 Å². The predicted molar refractivity (Wildman–Crippen MR) is 64.1 cm³/mol. The Balaban J connectivity index is 4.06. The first kappa shape index (κ1) is 16.3. The van der Waals surface area contributed by atoms with Crippen molar-refractivity contribution in [2.75, 3.05) is 12.3 Å². The molecule has 0 heterocycles. The highest BCUT2D eigenvalue weighted by atomic mass is 32.2. The maximum atomic E-state index is 11.3. The van der Waals surface area contributed by atoms with Gasteiger partial charge in [-0.2, -0.15) is 0 Å². The Kier molecular flexibility index (Phi) is 6.08. The molecule has 0 aliphatic carbocycles. The third-order valence-electron chi connectivity index (χ3n) is 1.97. The summed E-state index contributed by atoms with van der Waals surface area (Å²) in [5.74, 6) is -1.63. The van der Waals surface area contributed by atoms with Crippen LogP contribution < -0.4 is 4.72 Å². The maximum absolute atomic E-state index is 11.3. The molecule has 0 aromatic heterocycles. The molecule has 3 N–H and O–H groups in total. The molecular formula is C10H21NO5S. The summed E-state index contributed by atoms with van der Waals surface area (Å²) in [5, 5.41) is 17.9. The third-order valence-corrected chi connectivity index (χ3v) is 3.32. The van der Waals surface area contributed by atoms with E-state index in [1.165, 1.54) is 0 Å². The lowest BCUT2D eigenvalue weighted by Gasteiger charge is -2.22. The molecule has 0 fully saturated rings. The van der Waals surface area contributed by atoms with Crippen LogP contribution in [0.25, 0.3) is 0 Å². The standard InChI is InChI=1S/C10H21NO5S/c1-10(2,3)6-8(12)7-11-17(15,16)5-4-9(13)14/h8,11-12H,4-7H2,1-3H3,(H,13,14). The van der Waals surface area contributed by atoms with Crippen molar-refractivity contribution in [3.8, 4) is 0 Å². The molecule has 0 saturated carbocycles. The first-order valence-electron chi connectivity index (χ1n) is 5.39. The number of hydrogen-bond donors (Lipinski definition) is 3. The van der Waals surface area contributed by atoms with Crippen molar-refractivity contribution in [3.05, 3.63) is 0 Å². The lowest BCUT2D eigenvalue weighted by Crippen LogP contribution is -2.35. The summed E-state index contributed by atoms with van der Waals surface area (Å²) in [4.78, 5) is 10.2. The number of sulfonamides is 1. The van der Waals surface area contributed by atoms with Crippen molar-refractivity contribution in [2.45, 2.75) is 39.7 Å². The van der Waals surface area contributed by atoms with Crippen molar-refractivity contribution >= 4 is 16.0 Å². The van der Waals surface area contributed by atoms with Crippen molar-refractivity contribution < 1.29 is 23.4 Å². The second kappa shape index (κ2) is 6.32. The average Bonchev–Trinajstić information content (AvgIpc) is 2.09. The van der Waals surface area contributed by atoms with Crippen LogP contribution in [0, 0.1) is 5.41 Å². The fourth-order valence-electron chi connectivity index (χ4n) is 1.30. The SMILES string of the molecule is CC(C)(C)CC(O)CNS(=O)(=O)CCC(=O)O. The first-order chi connectivity index (χ1) is 7.52. The lowest BCUT2D eigenvalue weighted by molar-refractivity contribution is -0.136. The average molecular weight is 267 g/mol. The number of hydrogen-bond acceptors (Lipinski definition) is 4. The molecule has 1 atom stereocenters. The number of aliphatic hydroxyl groups excluding tert-OH is 1. The van der Waals surface area contributed by atoms with Gasteiger partial charge in [-0.25, -0.2) is 13.1 Å². The van der Waals surface area contributed by atoms with Crippen LogP contribution in [0.3, 0.4) is 0 Å². The van der Waals surface area contributed by atoms with Crippen molar-refractivity contribution in [1.29, 1.82) is 0 Å². The lowest BCUT2D eigenvalue weighted by atomic mass is 9.89. The first-order valence-corrected chi connectivity index (χ1v) is 7.04. The molecule has 1 unspecified atom stereocenters. The molecule has 0 aliphatic heterocycles. The van der Waals surface area contributed by atoms with Crippen LogP contribution in [-0.4, -0.2) is 43.0 Å². The zero-order valence-corrected chi connectivity index (χ0v) is 11.2. The molecule has 7 heteroatoms. The molecular weight excluding hydrogens is 246 g/mol. The van der Waals surface area contributed by atoms with Gasteiger partial charge in [0, 0.05) is 6.54 Å². The van der Waals surface area contributed by atoms with Crippen LogP contribution in [0.2, 0.25) is 0 Å². The van der Waals surface area contributed by atoms with E-state index < -0.39 is 34.3 Å². The summed E-state index contributed by atoms with van der Waals surface area (Å²) >= 11 is 0. The van der Waals surface area contributed by atoms with Gasteiger partial charge in [-0.1, -0.05) is 20.8 Å². The molecule has 102 valence electrons. The second-order valence-electron chi connectivity index (χ2n) is 5.23. The number of rotatable bonds is 7. The van der Waals surface area contributed by atoms with E-state index in [4.69, 9.17) is 5.11 Å². The highest BCUT2D eigenvalue weighted by molar-refractivity contribution is 7.89. The van der Waals surface area contributed by atoms with E-state index in [-0.39, 0.29) is 12.0 Å². The van der Waals surface area contributed by atoms with Crippen LogP contribution in [0.5, 0.6) is 0 Å². The minimum atomic E-state index is -3.62. The van der Waals surface area contributed by atoms with E-state index in [0.717, 1.165) is 0 Å². The van der Waals surface area contributed by atoms with Gasteiger partial charge in [0.05, 0.1) is 18.3 Å². The Hall–Kier alpha value is -0.660. The van der Waals surface area contributed by atoms with Gasteiger partial charge in [-0.3, -0.25) is 4.79 Å². The Morgan fingerprint density at radius 1 is 1.35 bits per heavy atom. The molecule has 0 rings (SSSR count). The zero-order chi connectivity index (χ0) is 13.7. The molecule has 6 nitrogen and oxygen atoms in total. The van der Waals surface area contributed by atoms with Gasteiger partial charge in [-0.05, 0) is 11.8 Å². The van der Waals surface area contributed by atoms with Gasteiger partial charge < -0.3 is 10.2 Å². The highest BCUT2D eigenvalue weighted by Gasteiger charge is 2.19. The van der Waals surface area contributed by atoms with Gasteiger partial charge in [0.2, 0.25) is 10.0 Å². The summed E-state index contributed by atoms with van der Waals surface area (Å²) in [6.45, 7) is 5.73. The van der Waals surface area contributed by atoms with E-state index in [1.807, 2.05) is 20.8 Å². The van der Waals surface area contributed by atoms with Crippen molar-refractivity contribution in [1.82, 2.24) is 4.72 Å². The van der Waals surface area contributed by atoms with E-state index in [9.17, 15) is 18.3 Å². The number of aliphatic hydroxyl groups is 1. The molecule has 0 radical (unpaired) electrons.